The van der Waals surface area contributed by atoms with Gasteiger partial charge in [0.1, 0.15) is 54.1 Å². The number of carbonyl (C=O) groups excluding carboxylic acids is 10. The molecular weight excluding hydrogens is 1120 g/mol. The van der Waals surface area contributed by atoms with Crippen LogP contribution in [-0.2, 0) is 62.4 Å². The van der Waals surface area contributed by atoms with E-state index in [1.165, 1.54) is 26.0 Å². The average molecular weight is 1210 g/mol. The van der Waals surface area contributed by atoms with Gasteiger partial charge in [0.15, 0.2) is 5.96 Å². The molecule has 4 rings (SSSR count). The molecule has 0 bridgehead atoms. The number of aromatic amines is 1. The van der Waals surface area contributed by atoms with Crippen LogP contribution in [0.4, 0.5) is 4.79 Å². The van der Waals surface area contributed by atoms with Gasteiger partial charge < -0.3 is 79.8 Å². The molecule has 0 fully saturated rings. The van der Waals surface area contributed by atoms with Crippen LogP contribution in [0.15, 0.2) is 85.1 Å². The molecule has 0 aliphatic heterocycles. The summed E-state index contributed by atoms with van der Waals surface area (Å²) < 4.78 is 0. The molecule has 87 heavy (non-hydrogen) atoms. The maximum Gasteiger partial charge on any atom is 0.334 e. The van der Waals surface area contributed by atoms with Gasteiger partial charge in [-0.3, -0.25) is 54.0 Å². The number of hydrazine groups is 1. The van der Waals surface area contributed by atoms with Gasteiger partial charge in [-0.05, 0) is 92.3 Å². The van der Waals surface area contributed by atoms with E-state index in [1.807, 2.05) is 24.3 Å². The first-order valence-electron chi connectivity index (χ1n) is 28.8. The van der Waals surface area contributed by atoms with Crippen molar-refractivity contribution in [2.75, 3.05) is 20.1 Å². The maximum absolute atomic E-state index is 14.1. The molecular formula is C59H86N16O12. The Balaban J connectivity index is 1.48. The van der Waals surface area contributed by atoms with E-state index in [2.05, 4.69) is 69.0 Å². The third-order valence-corrected chi connectivity index (χ3v) is 13.7. The summed E-state index contributed by atoms with van der Waals surface area (Å²) in [6.07, 6.45) is 0.209. The van der Waals surface area contributed by atoms with Crippen molar-refractivity contribution in [1.29, 1.82) is 5.41 Å². The number of phenols is 1. The number of nitrogens with two attached hydrogens (primary N) is 2. The molecule has 9 atom stereocenters. The number of benzene rings is 3. The molecule has 28 nitrogen and oxygen atoms in total. The zero-order valence-electron chi connectivity index (χ0n) is 50.1. The number of nitrogens with one attached hydrogen (secondary N) is 14. The SMILES string of the molecule is CNC(=N)NCCC[C@H](NC(=O)[C@H](CC(C)C)NC(=O)NNC(=O)[C@H](Cc1ccccc1)NC(=O)C(NC(=O)[C@H](CCN)NC(=O)[C@H](CC(C)C)NC(=O)[C@@H](Cc1ccc(O)cc1)NC(C)=O)[C@@H](C)O)C(=O)N[C@@H](Cc1c[nH]c2ccccc12)C(N)=O. The lowest BCUT2D eigenvalue weighted by Crippen LogP contribution is -2.62. The van der Waals surface area contributed by atoms with Crippen molar-refractivity contribution in [2.24, 2.45) is 23.3 Å². The summed E-state index contributed by atoms with van der Waals surface area (Å²) in [6, 6.07) is 9.92. The number of aliphatic hydroxyl groups excluding tert-OH is 1. The lowest BCUT2D eigenvalue weighted by Gasteiger charge is -2.28. The summed E-state index contributed by atoms with van der Waals surface area (Å²) in [5, 5.41) is 55.5. The molecule has 0 spiro atoms. The molecule has 474 valence electrons. The summed E-state index contributed by atoms with van der Waals surface area (Å²) in [6.45, 7) is 9.68. The lowest BCUT2D eigenvalue weighted by atomic mass is 10.00. The topological polar surface area (TPSA) is 447 Å². The lowest BCUT2D eigenvalue weighted by molar-refractivity contribution is -0.136. The Bertz CT molecular complexity index is 2980. The fraction of sp³-hybridized carbons (Fsp3) is 0.475. The van der Waals surface area contributed by atoms with Crippen LogP contribution in [0.3, 0.4) is 0 Å². The number of hydrogen-bond donors (Lipinski definition) is 18. The number of hydrogen-bond acceptors (Lipinski definition) is 14. The molecule has 0 aliphatic carbocycles. The Hall–Kier alpha value is -9.31. The molecule has 28 heteroatoms. The van der Waals surface area contributed by atoms with E-state index in [0.717, 1.165) is 10.9 Å². The third-order valence-electron chi connectivity index (χ3n) is 13.7. The van der Waals surface area contributed by atoms with Crippen LogP contribution in [0.25, 0.3) is 10.9 Å². The van der Waals surface area contributed by atoms with Gasteiger partial charge >= 0.3 is 6.03 Å². The van der Waals surface area contributed by atoms with Crippen molar-refractivity contribution < 1.29 is 58.2 Å². The van der Waals surface area contributed by atoms with Gasteiger partial charge in [0, 0.05) is 56.9 Å². The highest BCUT2D eigenvalue weighted by Crippen LogP contribution is 2.20. The van der Waals surface area contributed by atoms with Crippen molar-refractivity contribution in [3.05, 3.63) is 102 Å². The number of guanidine groups is 1. The molecule has 0 aliphatic rings. The molecule has 1 unspecified atom stereocenters. The van der Waals surface area contributed by atoms with Gasteiger partial charge in [0.2, 0.25) is 47.3 Å². The van der Waals surface area contributed by atoms with E-state index in [4.69, 9.17) is 16.9 Å². The second-order valence-electron chi connectivity index (χ2n) is 22.0. The van der Waals surface area contributed by atoms with Crippen molar-refractivity contribution in [3.8, 4) is 5.75 Å². The number of rotatable bonds is 33. The summed E-state index contributed by atoms with van der Waals surface area (Å²) in [5.41, 5.74) is 18.8. The number of carbonyl (C=O) groups is 10. The number of amides is 11. The Morgan fingerprint density at radius 2 is 1.07 bits per heavy atom. The summed E-state index contributed by atoms with van der Waals surface area (Å²) in [5.74, 6) is -7.73. The third kappa shape index (κ3) is 23.9. The van der Waals surface area contributed by atoms with Gasteiger partial charge in [-0.25, -0.2) is 10.2 Å². The molecule has 1 aromatic heterocycles. The Morgan fingerprint density at radius 1 is 0.563 bits per heavy atom. The Morgan fingerprint density at radius 3 is 1.64 bits per heavy atom. The largest absolute Gasteiger partial charge is 0.508 e. The van der Waals surface area contributed by atoms with Crippen LogP contribution in [0.5, 0.6) is 5.75 Å². The van der Waals surface area contributed by atoms with Crippen molar-refractivity contribution in [3.63, 3.8) is 0 Å². The maximum atomic E-state index is 14.1. The van der Waals surface area contributed by atoms with Gasteiger partial charge in [0.05, 0.1) is 6.10 Å². The van der Waals surface area contributed by atoms with Crippen LogP contribution in [-0.4, -0.2) is 155 Å². The number of aromatic nitrogens is 1. The monoisotopic (exact) mass is 1210 g/mol. The minimum Gasteiger partial charge on any atom is -0.508 e. The van der Waals surface area contributed by atoms with Gasteiger partial charge in [-0.2, -0.15) is 0 Å². The number of fused-ring (bicyclic) bond motifs is 1. The molecule has 4 aromatic rings. The molecule has 20 N–H and O–H groups in total. The molecule has 3 aromatic carbocycles. The zero-order valence-corrected chi connectivity index (χ0v) is 50.1. The minimum absolute atomic E-state index is 0.00425. The predicted molar refractivity (Wildman–Crippen MR) is 324 cm³/mol. The van der Waals surface area contributed by atoms with Crippen LogP contribution in [0.1, 0.15) is 90.3 Å². The van der Waals surface area contributed by atoms with Crippen molar-refractivity contribution in [2.45, 2.75) is 147 Å². The first-order chi connectivity index (χ1) is 41.3. The number of para-hydroxylation sites is 1. The normalized spacial score (nSPS) is 14.2. The molecule has 1 heterocycles. The van der Waals surface area contributed by atoms with Crippen molar-refractivity contribution >= 4 is 76.1 Å². The van der Waals surface area contributed by atoms with Crippen LogP contribution >= 0.6 is 0 Å². The van der Waals surface area contributed by atoms with E-state index >= 15 is 0 Å². The highest BCUT2D eigenvalue weighted by molar-refractivity contribution is 5.98. The highest BCUT2D eigenvalue weighted by Gasteiger charge is 2.36. The predicted octanol–water partition coefficient (Wildman–Crippen LogP) is -1.16. The number of aromatic hydroxyl groups is 1. The molecule has 11 amide bonds. The number of phenolic OH excluding ortho intramolecular Hbond substituents is 1. The van der Waals surface area contributed by atoms with Gasteiger partial charge in [-0.1, -0.05) is 88.4 Å². The fourth-order valence-corrected chi connectivity index (χ4v) is 9.25. The van der Waals surface area contributed by atoms with E-state index in [1.54, 1.807) is 83.4 Å². The average Bonchev–Trinajstić information content (AvgIpc) is 2.87. The summed E-state index contributed by atoms with van der Waals surface area (Å²) in [4.78, 5) is 140. The van der Waals surface area contributed by atoms with Gasteiger partial charge in [0.25, 0.3) is 5.91 Å². The Kier molecular flexibility index (Phi) is 28.4. The minimum atomic E-state index is -1.75. The van der Waals surface area contributed by atoms with Crippen LogP contribution in [0, 0.1) is 17.2 Å². The first kappa shape index (κ1) is 70.2. The fourth-order valence-electron chi connectivity index (χ4n) is 9.25. The number of aliphatic hydroxyl groups is 1. The quantitative estimate of drug-likeness (QED) is 0.0116. The first-order valence-corrected chi connectivity index (χ1v) is 28.8. The second kappa shape index (κ2) is 35.2. The van der Waals surface area contributed by atoms with E-state index in [-0.39, 0.29) is 88.0 Å². The molecule has 0 saturated carbocycles. The zero-order chi connectivity index (χ0) is 64.3. The number of urea groups is 1. The summed E-state index contributed by atoms with van der Waals surface area (Å²) >= 11 is 0. The van der Waals surface area contributed by atoms with Gasteiger partial charge in [-0.15, -0.1) is 0 Å². The Labute approximate surface area is 505 Å². The van der Waals surface area contributed by atoms with E-state index in [0.29, 0.717) is 16.7 Å². The highest BCUT2D eigenvalue weighted by atomic mass is 16.3. The standard InChI is InChI=1S/C59H86N16O12/c1-32(2)26-45(70-55(84)47(66-35(6)77)29-37-19-21-39(78)22-20-37)53(82)68-43(23-24-60)52(81)73-49(34(5)76)57(86)71-48(28-36-14-9-8-10-15-36)56(85)74-75-59(87)72-46(27-33(3)4)54(83)67-42(18-13-25-64-58(62)63-7)51(80)69-44(50(61)79)30-38-31-65-41-17-12-11-16-40(38)41/h8-12,14-17,19-22,31-34,42-49,65,76,78H,13,18,23-30,60H2,1-7H3,(H2,61,79)(H,66,77)(H,67,83)(H,68,82)(H,69,80)(H,70,84)(H,71,86)(H,73,81)(H,74,85)(H3,62,63,64)(H2,72,75,87)/t34-,42+,43+,44+,45+,46+,47-,48+,49?/m1/s1. The smallest absolute Gasteiger partial charge is 0.334 e. The van der Waals surface area contributed by atoms with Crippen molar-refractivity contribution in [1.82, 2.24) is 69.0 Å². The van der Waals surface area contributed by atoms with Crippen LogP contribution in [0.2, 0.25) is 0 Å². The molecule has 0 radical (unpaired) electrons. The van der Waals surface area contributed by atoms with E-state index < -0.39 is 114 Å². The molecule has 0 saturated heterocycles. The summed E-state index contributed by atoms with van der Waals surface area (Å²) in [7, 11) is 1.55. The second-order valence-corrected chi connectivity index (χ2v) is 22.0. The number of H-pyrrole nitrogens is 1. The van der Waals surface area contributed by atoms with E-state index in [9.17, 15) is 58.2 Å². The van der Waals surface area contributed by atoms with Crippen LogP contribution < -0.4 is 75.5 Å². The number of primary amides is 1.